The molecule has 2 aliphatic rings. The Morgan fingerprint density at radius 1 is 1.10 bits per heavy atom. The number of nitrogens with zero attached hydrogens (tertiary/aromatic N) is 3. The Labute approximate surface area is 230 Å². The second kappa shape index (κ2) is 11.3. The average molecular weight is 562 g/mol. The summed E-state index contributed by atoms with van der Waals surface area (Å²) >= 11 is 6.36. The Balaban J connectivity index is 1.58. The molecule has 3 heterocycles. The molecule has 0 amide bonds. The fraction of sp³-hybridized carbons (Fsp3) is 0.448. The van der Waals surface area contributed by atoms with Crippen molar-refractivity contribution in [3.8, 4) is 17.0 Å². The fourth-order valence-corrected chi connectivity index (χ4v) is 6.13. The van der Waals surface area contributed by atoms with Crippen LogP contribution in [0.3, 0.4) is 0 Å². The number of alkyl halides is 3. The van der Waals surface area contributed by atoms with Gasteiger partial charge in [0.2, 0.25) is 0 Å². The first-order chi connectivity index (χ1) is 18.7. The molecular weight excluding hydrogens is 531 g/mol. The first-order valence-corrected chi connectivity index (χ1v) is 13.6. The van der Waals surface area contributed by atoms with Gasteiger partial charge in [-0.25, -0.2) is 9.78 Å². The third kappa shape index (κ3) is 5.85. The highest BCUT2D eigenvalue weighted by Gasteiger charge is 2.32. The summed E-state index contributed by atoms with van der Waals surface area (Å²) in [6, 6.07) is 8.41. The van der Waals surface area contributed by atoms with E-state index >= 15 is 0 Å². The van der Waals surface area contributed by atoms with Crippen molar-refractivity contribution in [1.29, 1.82) is 0 Å². The molecule has 10 heteroatoms. The van der Waals surface area contributed by atoms with E-state index in [-0.39, 0.29) is 33.9 Å². The number of aromatic nitrogens is 1. The number of carboxylic acid groups (broad SMARTS) is 1. The van der Waals surface area contributed by atoms with Crippen LogP contribution in [-0.2, 0) is 12.7 Å². The van der Waals surface area contributed by atoms with E-state index in [9.17, 15) is 23.1 Å². The molecule has 2 aromatic carbocycles. The second-order valence-electron chi connectivity index (χ2n) is 10.3. The molecule has 2 aliphatic heterocycles. The SMILES string of the molecule is COc1cc2nc(-c3cccc(C(F)(F)F)c3)c(CN3CCC(N4CCCCC4)CC3)c(C(=O)O)c2cc1Cl. The number of ether oxygens (including phenoxy) is 1. The van der Waals surface area contributed by atoms with E-state index < -0.39 is 17.7 Å². The zero-order valence-electron chi connectivity index (χ0n) is 21.7. The van der Waals surface area contributed by atoms with Gasteiger partial charge in [0.25, 0.3) is 0 Å². The maximum Gasteiger partial charge on any atom is 0.416 e. The number of methoxy groups -OCH3 is 1. The predicted octanol–water partition coefficient (Wildman–Crippen LogP) is 6.73. The number of piperidine rings is 2. The van der Waals surface area contributed by atoms with Crippen LogP contribution < -0.4 is 4.74 Å². The molecule has 0 unspecified atom stereocenters. The summed E-state index contributed by atoms with van der Waals surface area (Å²) in [5, 5.41) is 10.9. The maximum absolute atomic E-state index is 13.6. The topological polar surface area (TPSA) is 65.9 Å². The van der Waals surface area contributed by atoms with Gasteiger partial charge in [-0.05, 0) is 70.1 Å². The van der Waals surface area contributed by atoms with Gasteiger partial charge in [-0.1, -0.05) is 30.2 Å². The predicted molar refractivity (Wildman–Crippen MR) is 144 cm³/mol. The minimum Gasteiger partial charge on any atom is -0.495 e. The third-order valence-corrected chi connectivity index (χ3v) is 8.18. The van der Waals surface area contributed by atoms with Crippen LogP contribution in [0.4, 0.5) is 13.2 Å². The van der Waals surface area contributed by atoms with E-state index in [2.05, 4.69) is 9.80 Å². The van der Waals surface area contributed by atoms with Crippen LogP contribution >= 0.6 is 11.6 Å². The summed E-state index contributed by atoms with van der Waals surface area (Å²) in [6.45, 7) is 4.03. The van der Waals surface area contributed by atoms with Gasteiger partial charge in [0, 0.05) is 35.2 Å². The van der Waals surface area contributed by atoms with Gasteiger partial charge in [-0.2, -0.15) is 13.2 Å². The van der Waals surface area contributed by atoms with Crippen molar-refractivity contribution in [2.45, 2.75) is 50.9 Å². The van der Waals surface area contributed by atoms with Gasteiger partial charge in [0.15, 0.2) is 0 Å². The van der Waals surface area contributed by atoms with E-state index in [1.165, 1.54) is 50.6 Å². The van der Waals surface area contributed by atoms with Crippen molar-refractivity contribution in [2.24, 2.45) is 0 Å². The molecular formula is C29H31ClF3N3O3. The number of hydrogen-bond acceptors (Lipinski definition) is 5. The highest BCUT2D eigenvalue weighted by Crippen LogP contribution is 2.38. The molecule has 208 valence electrons. The minimum atomic E-state index is -4.55. The summed E-state index contributed by atoms with van der Waals surface area (Å²) < 4.78 is 46.1. The van der Waals surface area contributed by atoms with Crippen LogP contribution in [0.25, 0.3) is 22.2 Å². The van der Waals surface area contributed by atoms with Gasteiger partial charge in [0.1, 0.15) is 5.75 Å². The Kier molecular flexibility index (Phi) is 8.03. The van der Waals surface area contributed by atoms with Gasteiger partial charge < -0.3 is 14.7 Å². The molecule has 5 rings (SSSR count). The number of pyridine rings is 1. The molecule has 0 bridgehead atoms. The Morgan fingerprint density at radius 2 is 1.82 bits per heavy atom. The summed E-state index contributed by atoms with van der Waals surface area (Å²) in [6.07, 6.45) is 1.10. The standard InChI is InChI=1S/C29H31ClF3N3O3/c1-39-25-16-24-21(15-23(25)30)26(28(37)38)22(27(34-24)18-6-5-7-19(14-18)29(31,32)33)17-35-12-8-20(9-13-35)36-10-3-2-4-11-36/h5-7,14-16,20H,2-4,8-13,17H2,1H3,(H,37,38). The van der Waals surface area contributed by atoms with Crippen LogP contribution in [0.15, 0.2) is 36.4 Å². The lowest BCUT2D eigenvalue weighted by atomic mass is 9.94. The number of carboxylic acids is 1. The van der Waals surface area contributed by atoms with E-state index in [1.807, 2.05) is 0 Å². The average Bonchev–Trinajstić information content (AvgIpc) is 2.92. The van der Waals surface area contributed by atoms with E-state index in [0.29, 0.717) is 22.7 Å². The minimum absolute atomic E-state index is 0.00452. The molecule has 0 radical (unpaired) electrons. The van der Waals surface area contributed by atoms with E-state index in [0.717, 1.165) is 51.2 Å². The summed E-state index contributed by atoms with van der Waals surface area (Å²) in [4.78, 5) is 22.2. The first kappa shape index (κ1) is 27.7. The van der Waals surface area contributed by atoms with Gasteiger partial charge in [0.05, 0.1) is 34.5 Å². The fourth-order valence-electron chi connectivity index (χ4n) is 5.89. The highest BCUT2D eigenvalue weighted by atomic mass is 35.5. The first-order valence-electron chi connectivity index (χ1n) is 13.2. The van der Waals surface area contributed by atoms with Crippen molar-refractivity contribution in [2.75, 3.05) is 33.3 Å². The molecule has 0 saturated carbocycles. The van der Waals surface area contributed by atoms with Crippen molar-refractivity contribution >= 4 is 28.5 Å². The number of halogens is 4. The summed E-state index contributed by atoms with van der Waals surface area (Å²) in [5.41, 5.74) is 0.270. The smallest absolute Gasteiger partial charge is 0.416 e. The lowest BCUT2D eigenvalue weighted by Gasteiger charge is -2.40. The molecule has 6 nitrogen and oxygen atoms in total. The Hall–Kier alpha value is -2.88. The quantitative estimate of drug-likeness (QED) is 0.360. The van der Waals surface area contributed by atoms with Crippen LogP contribution in [0.1, 0.15) is 53.6 Å². The Bertz CT molecular complexity index is 1370. The zero-order valence-corrected chi connectivity index (χ0v) is 22.5. The van der Waals surface area contributed by atoms with Crippen molar-refractivity contribution in [1.82, 2.24) is 14.8 Å². The Morgan fingerprint density at radius 3 is 2.46 bits per heavy atom. The van der Waals surface area contributed by atoms with Crippen molar-refractivity contribution in [3.63, 3.8) is 0 Å². The van der Waals surface area contributed by atoms with Crippen LogP contribution in [0.2, 0.25) is 5.02 Å². The van der Waals surface area contributed by atoms with Crippen LogP contribution in [0.5, 0.6) is 5.75 Å². The van der Waals surface area contributed by atoms with Gasteiger partial charge >= 0.3 is 12.1 Å². The van der Waals surface area contributed by atoms with E-state index in [1.54, 1.807) is 0 Å². The number of aromatic carboxylic acids is 1. The van der Waals surface area contributed by atoms with Crippen molar-refractivity contribution in [3.05, 3.63) is 58.1 Å². The maximum atomic E-state index is 13.6. The zero-order chi connectivity index (χ0) is 27.7. The number of rotatable bonds is 6. The molecule has 39 heavy (non-hydrogen) atoms. The number of carbonyl (C=O) groups is 1. The molecule has 2 saturated heterocycles. The molecule has 2 fully saturated rings. The number of hydrogen-bond donors (Lipinski definition) is 1. The van der Waals surface area contributed by atoms with Crippen molar-refractivity contribution < 1.29 is 27.8 Å². The summed E-state index contributed by atoms with van der Waals surface area (Å²) in [5.74, 6) is -0.884. The van der Waals surface area contributed by atoms with Crippen LogP contribution in [-0.4, -0.2) is 65.2 Å². The van der Waals surface area contributed by atoms with Gasteiger partial charge in [-0.3, -0.25) is 4.90 Å². The summed E-state index contributed by atoms with van der Waals surface area (Å²) in [7, 11) is 1.43. The molecule has 0 atom stereocenters. The molecule has 0 aliphatic carbocycles. The molecule has 0 spiro atoms. The monoisotopic (exact) mass is 561 g/mol. The third-order valence-electron chi connectivity index (χ3n) is 7.88. The number of likely N-dealkylation sites (tertiary alicyclic amines) is 2. The number of benzene rings is 2. The van der Waals surface area contributed by atoms with Crippen LogP contribution in [0, 0.1) is 0 Å². The van der Waals surface area contributed by atoms with E-state index in [4.69, 9.17) is 21.3 Å². The number of fused-ring (bicyclic) bond motifs is 1. The van der Waals surface area contributed by atoms with Gasteiger partial charge in [-0.15, -0.1) is 0 Å². The molecule has 1 aromatic heterocycles. The lowest BCUT2D eigenvalue weighted by molar-refractivity contribution is -0.137. The molecule has 3 aromatic rings. The second-order valence-corrected chi connectivity index (χ2v) is 10.7. The molecule has 1 N–H and O–H groups in total. The largest absolute Gasteiger partial charge is 0.495 e. The lowest BCUT2D eigenvalue weighted by Crippen LogP contribution is -2.46. The normalized spacial score (nSPS) is 18.0. The highest BCUT2D eigenvalue weighted by molar-refractivity contribution is 6.33.